The van der Waals surface area contributed by atoms with E-state index in [1.807, 2.05) is 13.0 Å². The Bertz CT molecular complexity index is 860. The van der Waals surface area contributed by atoms with Crippen LogP contribution in [0.25, 0.3) is 0 Å². The van der Waals surface area contributed by atoms with Crippen molar-refractivity contribution < 1.29 is 8.42 Å². The lowest BCUT2D eigenvalue weighted by atomic mass is 9.94. The fraction of sp³-hybridized carbons (Fsp3) is 0.500. The van der Waals surface area contributed by atoms with Crippen molar-refractivity contribution in [1.29, 1.82) is 0 Å². The molecule has 7 heteroatoms. The van der Waals surface area contributed by atoms with Gasteiger partial charge in [-0.05, 0) is 38.4 Å². The summed E-state index contributed by atoms with van der Waals surface area (Å²) >= 11 is 0. The Morgan fingerprint density at radius 3 is 2.60 bits per heavy atom. The summed E-state index contributed by atoms with van der Waals surface area (Å²) in [7, 11) is 0.180. The van der Waals surface area contributed by atoms with Gasteiger partial charge in [-0.1, -0.05) is 24.3 Å². The van der Waals surface area contributed by atoms with Crippen LogP contribution in [0.5, 0.6) is 0 Å². The molecule has 1 unspecified atom stereocenters. The van der Waals surface area contributed by atoms with E-state index < -0.39 is 10.0 Å². The summed E-state index contributed by atoms with van der Waals surface area (Å²) in [6.07, 6.45) is 2.49. The minimum absolute atomic E-state index is 0.163. The highest BCUT2D eigenvalue weighted by Crippen LogP contribution is 2.24. The number of rotatable bonds is 5. The van der Waals surface area contributed by atoms with E-state index >= 15 is 0 Å². The molecule has 1 aromatic heterocycles. The van der Waals surface area contributed by atoms with Crippen molar-refractivity contribution in [3.8, 4) is 0 Å². The van der Waals surface area contributed by atoms with Crippen molar-refractivity contribution in [2.45, 2.75) is 44.3 Å². The predicted molar refractivity (Wildman–Crippen MR) is 97.9 cm³/mol. The molecule has 0 aliphatic carbocycles. The third-order valence-electron chi connectivity index (χ3n) is 5.00. The molecule has 6 nitrogen and oxygen atoms in total. The first-order valence-corrected chi connectivity index (χ1v) is 10.0. The summed E-state index contributed by atoms with van der Waals surface area (Å²) < 4.78 is 29.1. The van der Waals surface area contributed by atoms with Gasteiger partial charge in [-0.15, -0.1) is 0 Å². The van der Waals surface area contributed by atoms with Crippen LogP contribution in [0.4, 0.5) is 0 Å². The minimum atomic E-state index is -3.54. The Balaban J connectivity index is 1.79. The Morgan fingerprint density at radius 2 is 1.96 bits per heavy atom. The molecule has 2 heterocycles. The standard InChI is InChI=1S/C18H26N4O2S/c1-5-22-13-18(14(2)19-22)25(23,24)21(4)12-17-10-15-8-6-7-9-16(15)11-20(17)3/h6-9,13,17H,5,10-12H2,1-4H3. The zero-order chi connectivity index (χ0) is 18.2. The van der Waals surface area contributed by atoms with Crippen LogP contribution in [0.15, 0.2) is 35.4 Å². The third kappa shape index (κ3) is 3.49. The first kappa shape index (κ1) is 18.1. The van der Waals surface area contributed by atoms with Crippen LogP contribution in [0.2, 0.25) is 0 Å². The van der Waals surface area contributed by atoms with E-state index in [4.69, 9.17) is 0 Å². The summed E-state index contributed by atoms with van der Waals surface area (Å²) in [5.41, 5.74) is 3.19. The highest BCUT2D eigenvalue weighted by molar-refractivity contribution is 7.89. The largest absolute Gasteiger partial charge is 0.298 e. The molecule has 1 aromatic carbocycles. The first-order chi connectivity index (χ1) is 11.8. The molecule has 0 fully saturated rings. The van der Waals surface area contributed by atoms with Crippen LogP contribution in [0.1, 0.15) is 23.7 Å². The molecule has 1 aliphatic rings. The first-order valence-electron chi connectivity index (χ1n) is 8.60. The van der Waals surface area contributed by atoms with E-state index in [0.717, 1.165) is 13.0 Å². The molecular weight excluding hydrogens is 336 g/mol. The number of fused-ring (bicyclic) bond motifs is 1. The number of likely N-dealkylation sites (N-methyl/N-ethyl adjacent to an activating group) is 2. The van der Waals surface area contributed by atoms with Crippen LogP contribution in [0.3, 0.4) is 0 Å². The Morgan fingerprint density at radius 1 is 1.28 bits per heavy atom. The van der Waals surface area contributed by atoms with Crippen molar-refractivity contribution in [1.82, 2.24) is 19.0 Å². The fourth-order valence-electron chi connectivity index (χ4n) is 3.40. The summed E-state index contributed by atoms with van der Waals surface area (Å²) in [4.78, 5) is 2.53. The molecule has 1 aliphatic heterocycles. The summed E-state index contributed by atoms with van der Waals surface area (Å²) in [5, 5.41) is 4.27. The van der Waals surface area contributed by atoms with Crippen LogP contribution in [0, 0.1) is 6.92 Å². The normalized spacial score (nSPS) is 18.5. The lowest BCUT2D eigenvalue weighted by Crippen LogP contribution is -2.46. The fourth-order valence-corrected chi connectivity index (χ4v) is 4.77. The van der Waals surface area contributed by atoms with Crippen LogP contribution >= 0.6 is 0 Å². The molecular formula is C18H26N4O2S. The molecule has 0 saturated heterocycles. The van der Waals surface area contributed by atoms with Gasteiger partial charge in [0.25, 0.3) is 0 Å². The van der Waals surface area contributed by atoms with E-state index in [0.29, 0.717) is 23.7 Å². The van der Waals surface area contributed by atoms with Gasteiger partial charge >= 0.3 is 0 Å². The second kappa shape index (κ2) is 6.90. The number of benzene rings is 1. The molecule has 0 radical (unpaired) electrons. The number of nitrogens with zero attached hydrogens (tertiary/aromatic N) is 4. The van der Waals surface area contributed by atoms with Crippen molar-refractivity contribution >= 4 is 10.0 Å². The second-order valence-corrected chi connectivity index (χ2v) is 8.78. The molecule has 2 aromatic rings. The van der Waals surface area contributed by atoms with E-state index in [-0.39, 0.29) is 6.04 Å². The summed E-state index contributed by atoms with van der Waals surface area (Å²) in [6, 6.07) is 8.54. The summed E-state index contributed by atoms with van der Waals surface area (Å²) in [6.45, 7) is 5.66. The van der Waals surface area contributed by atoms with E-state index in [2.05, 4.69) is 35.2 Å². The van der Waals surface area contributed by atoms with Gasteiger partial charge in [-0.25, -0.2) is 8.42 Å². The van der Waals surface area contributed by atoms with Gasteiger partial charge in [0.1, 0.15) is 4.90 Å². The number of aromatic nitrogens is 2. The number of hydrogen-bond acceptors (Lipinski definition) is 4. The molecule has 3 rings (SSSR count). The van der Waals surface area contributed by atoms with Crippen molar-refractivity contribution in [2.24, 2.45) is 0 Å². The SMILES string of the molecule is CCn1cc(S(=O)(=O)N(C)CC2Cc3ccccc3CN2C)c(C)n1. The average molecular weight is 362 g/mol. The lowest BCUT2D eigenvalue weighted by Gasteiger charge is -2.36. The molecule has 0 bridgehead atoms. The van der Waals surface area contributed by atoms with Gasteiger partial charge in [0, 0.05) is 38.9 Å². The molecule has 0 amide bonds. The van der Waals surface area contributed by atoms with Gasteiger partial charge in [0.2, 0.25) is 10.0 Å². The Kier molecular flexibility index (Phi) is 4.99. The topological polar surface area (TPSA) is 58.4 Å². The van der Waals surface area contributed by atoms with E-state index in [1.54, 1.807) is 24.9 Å². The molecule has 1 atom stereocenters. The van der Waals surface area contributed by atoms with Crippen molar-refractivity contribution in [2.75, 3.05) is 20.6 Å². The lowest BCUT2D eigenvalue weighted by molar-refractivity contribution is 0.191. The maximum absolute atomic E-state index is 13.0. The van der Waals surface area contributed by atoms with Gasteiger partial charge in [-0.3, -0.25) is 9.58 Å². The third-order valence-corrected chi connectivity index (χ3v) is 6.92. The van der Waals surface area contributed by atoms with Crippen LogP contribution in [-0.2, 0) is 29.5 Å². The number of sulfonamides is 1. The predicted octanol–water partition coefficient (Wildman–Crippen LogP) is 1.89. The minimum Gasteiger partial charge on any atom is -0.298 e. The van der Waals surface area contributed by atoms with Crippen molar-refractivity contribution in [3.05, 3.63) is 47.3 Å². The Hall–Kier alpha value is -1.70. The highest BCUT2D eigenvalue weighted by Gasteiger charge is 2.30. The highest BCUT2D eigenvalue weighted by atomic mass is 32.2. The molecule has 25 heavy (non-hydrogen) atoms. The maximum Gasteiger partial charge on any atom is 0.246 e. The smallest absolute Gasteiger partial charge is 0.246 e. The van der Waals surface area contributed by atoms with Gasteiger partial charge in [0.15, 0.2) is 0 Å². The van der Waals surface area contributed by atoms with Crippen LogP contribution < -0.4 is 0 Å². The Labute approximate surface area is 150 Å². The molecule has 0 N–H and O–H groups in total. The number of hydrogen-bond donors (Lipinski definition) is 0. The van der Waals surface area contributed by atoms with E-state index in [1.165, 1.54) is 15.4 Å². The monoisotopic (exact) mass is 362 g/mol. The zero-order valence-corrected chi connectivity index (χ0v) is 16.1. The number of aryl methyl sites for hydroxylation is 2. The second-order valence-electron chi connectivity index (χ2n) is 6.76. The molecule has 0 saturated carbocycles. The average Bonchev–Trinajstić information content (AvgIpc) is 2.97. The maximum atomic E-state index is 13.0. The van der Waals surface area contributed by atoms with Gasteiger partial charge in [-0.2, -0.15) is 9.40 Å². The quantitative estimate of drug-likeness (QED) is 0.815. The summed E-state index contributed by atoms with van der Waals surface area (Å²) in [5.74, 6) is 0. The van der Waals surface area contributed by atoms with Crippen LogP contribution in [-0.4, -0.2) is 54.1 Å². The van der Waals surface area contributed by atoms with Gasteiger partial charge < -0.3 is 0 Å². The van der Waals surface area contributed by atoms with Gasteiger partial charge in [0.05, 0.1) is 5.69 Å². The zero-order valence-electron chi connectivity index (χ0n) is 15.3. The van der Waals surface area contributed by atoms with Crippen molar-refractivity contribution in [3.63, 3.8) is 0 Å². The molecule has 0 spiro atoms. The molecule has 136 valence electrons. The van der Waals surface area contributed by atoms with E-state index in [9.17, 15) is 8.42 Å².